The molecule has 0 aliphatic heterocycles. The van der Waals surface area contributed by atoms with E-state index in [1.807, 2.05) is 0 Å². The molecule has 0 heterocycles. The molecule has 0 aromatic heterocycles. The second-order valence-electron chi connectivity index (χ2n) is 42.7. The molecule has 0 radical (unpaired) electrons. The van der Waals surface area contributed by atoms with E-state index in [1.165, 1.54) is 292 Å². The van der Waals surface area contributed by atoms with E-state index in [0.717, 1.165) is 0 Å². The monoisotopic (exact) mass is 1540 g/mol. The van der Waals surface area contributed by atoms with Gasteiger partial charge in [0.05, 0.1) is 0 Å². The predicted octanol–water partition coefficient (Wildman–Crippen LogP) is 35.5. The highest BCUT2D eigenvalue weighted by atomic mass is 14.3. The van der Waals surface area contributed by atoms with Crippen molar-refractivity contribution >= 4 is 259 Å². The van der Waals surface area contributed by atoms with E-state index in [-0.39, 0.29) is 32.5 Å². The molecule has 0 N–H and O–H groups in total. The fourth-order valence-electron chi connectivity index (χ4n) is 22.9. The number of rotatable bonds is 0. The second-order valence-corrected chi connectivity index (χ2v) is 42.7. The van der Waals surface area contributed by atoms with Crippen molar-refractivity contribution in [2.24, 2.45) is 0 Å². The normalized spacial score (nSPS) is 13.8. The Balaban J connectivity index is 0.977. The average molecular weight is 1540 g/mol. The van der Waals surface area contributed by atoms with Crippen LogP contribution in [0, 0.1) is 0 Å². The molecule has 30 bridgehead atoms. The molecule has 0 nitrogen and oxygen atoms in total. The average Bonchev–Trinajstić information content (AvgIpc) is 0.695. The van der Waals surface area contributed by atoms with Crippen LogP contribution in [0.1, 0.15) is 158 Å². The molecule has 0 aliphatic rings. The van der Waals surface area contributed by atoms with Crippen LogP contribution in [0.3, 0.4) is 0 Å². The first-order chi connectivity index (χ1) is 57.2. The standard InChI is InChI=1S/C120H96/c1-115(2,3)73-37-61-49-91-79-25-19-26-80-92(50-62(38-73)103(61)109(79)80)94-52-64-40-75(117(7,8)9)42-66-54-96(84-30-21-28-82(94)111(84)105(64)66)98-56-68-44-77(119(13,14)15)46-70-58-100(88-34-23-32-86(98)113(88)107(68)70)102-60-72-48-78(120(16,17)18)47-71-59-101(89-35-24-36-90(102)114(89)108(71)72)99-57-69-45-76(118(10,11)12)43-67-55-97(85-31-22-33-87(99)112(85)106(67)69)95-53-65-41-74(116(4,5)6)39-63-51-93(91)81-27-20-29-83(95)110(81)104(63)65/h19-60H,1-18H3. The Labute approximate surface area is 698 Å². The minimum absolute atomic E-state index is 0.142. The topological polar surface area (TPSA) is 0 Å². The molecular formula is C120H96. The molecule has 25 rings (SSSR count). The van der Waals surface area contributed by atoms with Gasteiger partial charge >= 0.3 is 0 Å². The highest BCUT2D eigenvalue weighted by Crippen LogP contribution is 2.55. The number of hydrogen-bond acceptors (Lipinski definition) is 0. The number of hydrogen-bond donors (Lipinski definition) is 0. The van der Waals surface area contributed by atoms with E-state index in [0.29, 0.717) is 0 Å². The van der Waals surface area contributed by atoms with E-state index in [9.17, 15) is 0 Å². The zero-order valence-electron chi connectivity index (χ0n) is 72.2. The summed E-state index contributed by atoms with van der Waals surface area (Å²) in [5.74, 6) is 0. The maximum absolute atomic E-state index is 2.60. The Morgan fingerprint density at radius 1 is 0.108 bits per heavy atom. The summed E-state index contributed by atoms with van der Waals surface area (Å²) in [5, 5.41) is 61.8. The van der Waals surface area contributed by atoms with E-state index < -0.39 is 0 Å². The first kappa shape index (κ1) is 70.5. The lowest BCUT2D eigenvalue weighted by molar-refractivity contribution is 0.591. The fraction of sp³-hybridized carbons (Fsp3) is 0.200. The third kappa shape index (κ3) is 9.54. The van der Waals surface area contributed by atoms with Crippen molar-refractivity contribution in [1.29, 1.82) is 0 Å². The molecule has 0 fully saturated rings. The van der Waals surface area contributed by atoms with Crippen molar-refractivity contribution in [1.82, 2.24) is 0 Å². The molecular weight excluding hydrogens is 1440 g/mol. The summed E-state index contributed by atoms with van der Waals surface area (Å²) in [7, 11) is 0. The van der Waals surface area contributed by atoms with Crippen LogP contribution in [0.15, 0.2) is 255 Å². The van der Waals surface area contributed by atoms with Gasteiger partial charge in [-0.25, -0.2) is 0 Å². The van der Waals surface area contributed by atoms with Gasteiger partial charge in [0.1, 0.15) is 0 Å². The summed E-state index contributed by atoms with van der Waals surface area (Å²) in [5.41, 5.74) is 7.14. The zero-order chi connectivity index (χ0) is 81.9. The van der Waals surface area contributed by atoms with Crippen molar-refractivity contribution in [2.45, 2.75) is 157 Å². The Morgan fingerprint density at radius 3 is 0.283 bits per heavy atom. The molecule has 576 valence electrons. The van der Waals surface area contributed by atoms with E-state index in [4.69, 9.17) is 0 Å². The quantitative estimate of drug-likeness (QED) is 0.133. The van der Waals surface area contributed by atoms with Gasteiger partial charge in [-0.1, -0.05) is 307 Å². The van der Waals surface area contributed by atoms with Crippen LogP contribution in [0.2, 0.25) is 0 Å². The summed E-state index contributed by atoms with van der Waals surface area (Å²) in [6.45, 7) is 43.1. The molecule has 0 heteroatoms. The van der Waals surface area contributed by atoms with Crippen LogP contribution >= 0.6 is 0 Å². The van der Waals surface area contributed by atoms with Gasteiger partial charge in [-0.3, -0.25) is 0 Å². The maximum atomic E-state index is 2.60. The summed E-state index contributed by atoms with van der Waals surface area (Å²) in [6.07, 6.45) is 0. The Bertz CT molecular complexity index is 7300. The van der Waals surface area contributed by atoms with Crippen LogP contribution in [-0.4, -0.2) is 0 Å². The molecule has 0 spiro atoms. The first-order valence-corrected chi connectivity index (χ1v) is 43.8. The molecule has 0 amide bonds. The number of fused-ring (bicyclic) bond motifs is 6. The number of benzene rings is 24. The van der Waals surface area contributed by atoms with Crippen molar-refractivity contribution in [2.75, 3.05) is 0 Å². The molecule has 0 unspecified atom stereocenters. The Hall–Kier alpha value is -12.5. The van der Waals surface area contributed by atoms with Crippen LogP contribution < -0.4 is 0 Å². The van der Waals surface area contributed by atoms with Gasteiger partial charge in [-0.05, 0) is 397 Å². The third-order valence-electron chi connectivity index (χ3n) is 29.1. The smallest absolute Gasteiger partial charge is 0.00143 e. The van der Waals surface area contributed by atoms with Crippen molar-refractivity contribution < 1.29 is 0 Å². The van der Waals surface area contributed by atoms with Crippen molar-refractivity contribution in [3.8, 4) is 0 Å². The van der Waals surface area contributed by atoms with Crippen LogP contribution in [0.25, 0.3) is 259 Å². The largest absolute Gasteiger partial charge is 0.0610 e. The lowest BCUT2D eigenvalue weighted by Gasteiger charge is -2.24. The lowest BCUT2D eigenvalue weighted by Crippen LogP contribution is -2.11. The van der Waals surface area contributed by atoms with Gasteiger partial charge in [0.15, 0.2) is 0 Å². The van der Waals surface area contributed by atoms with Crippen LogP contribution in [0.4, 0.5) is 0 Å². The first-order valence-electron chi connectivity index (χ1n) is 43.8. The van der Waals surface area contributed by atoms with Gasteiger partial charge in [-0.15, -0.1) is 0 Å². The Kier molecular flexibility index (Phi) is 13.5. The van der Waals surface area contributed by atoms with Gasteiger partial charge in [-0.2, -0.15) is 0 Å². The SMILES string of the molecule is CC(C)(C)c1cc2cc3c4cc5cc(C(C)(C)C)cc6cc(c7cc8cc(C(C)(C)C)cc9cc(c%10cc%11cc(C(C)(C)C)cc%12cc(c%13cc%14cc(C(C)(C)C)cc%15cc(c%16cc%17cc(C(C)(C)C)cc%18cc(c%19cc(c1)c2c1c3cccc%191)c1cccc%16c1c%18%17)c1cccc%13c1c%15%14)c1cccc%10c1c%11%12)c1cccc7c1c89)c1cccc4c1c56. The summed E-state index contributed by atoms with van der Waals surface area (Å²) < 4.78 is 0. The van der Waals surface area contributed by atoms with E-state index in [2.05, 4.69) is 379 Å². The molecule has 120 heavy (non-hydrogen) atoms. The summed E-state index contributed by atoms with van der Waals surface area (Å²) >= 11 is 0. The van der Waals surface area contributed by atoms with Gasteiger partial charge in [0.25, 0.3) is 0 Å². The highest BCUT2D eigenvalue weighted by Gasteiger charge is 2.30. The van der Waals surface area contributed by atoms with Gasteiger partial charge in [0.2, 0.25) is 0 Å². The minimum atomic E-state index is -0.142. The minimum Gasteiger partial charge on any atom is -0.0610 e. The third-order valence-corrected chi connectivity index (χ3v) is 29.1. The molecule has 0 saturated carbocycles. The van der Waals surface area contributed by atoms with Gasteiger partial charge < -0.3 is 0 Å². The van der Waals surface area contributed by atoms with Gasteiger partial charge in [0, 0.05) is 0 Å². The van der Waals surface area contributed by atoms with E-state index >= 15 is 0 Å². The van der Waals surface area contributed by atoms with Crippen LogP contribution in [0.5, 0.6) is 0 Å². The Morgan fingerprint density at radius 2 is 0.200 bits per heavy atom. The van der Waals surface area contributed by atoms with E-state index in [1.54, 1.807) is 0 Å². The highest BCUT2D eigenvalue weighted by molar-refractivity contribution is 6.45. The second kappa shape index (κ2) is 22.9. The molecule has 0 saturated heterocycles. The lowest BCUT2D eigenvalue weighted by atomic mass is 9.79. The molecule has 0 atom stereocenters. The zero-order valence-corrected chi connectivity index (χ0v) is 72.2. The molecule has 0 aliphatic carbocycles. The molecule has 25 aromatic rings. The summed E-state index contributed by atoms with van der Waals surface area (Å²) in [4.78, 5) is 0. The van der Waals surface area contributed by atoms with Crippen molar-refractivity contribution in [3.05, 3.63) is 288 Å². The van der Waals surface area contributed by atoms with Crippen molar-refractivity contribution in [3.63, 3.8) is 0 Å². The van der Waals surface area contributed by atoms with Crippen LogP contribution in [-0.2, 0) is 32.5 Å². The maximum Gasteiger partial charge on any atom is -0.00143 e. The molecule has 25 aromatic carbocycles. The summed E-state index contributed by atoms with van der Waals surface area (Å²) in [6, 6.07) is 105. The predicted molar refractivity (Wildman–Crippen MR) is 532 cm³/mol. The fourth-order valence-corrected chi connectivity index (χ4v) is 22.9.